The molecule has 3 aromatic heterocycles. The lowest BCUT2D eigenvalue weighted by molar-refractivity contribution is 0.417. The van der Waals surface area contributed by atoms with E-state index in [4.69, 9.17) is 9.72 Å². The van der Waals surface area contributed by atoms with E-state index in [2.05, 4.69) is 46.5 Å². The summed E-state index contributed by atoms with van der Waals surface area (Å²) in [5.74, 6) is 1.92. The highest BCUT2D eigenvalue weighted by Crippen LogP contribution is 2.32. The number of rotatable bonds is 6. The fraction of sp³-hybridized carbons (Fsp3) is 0.333. The van der Waals surface area contributed by atoms with Gasteiger partial charge in [-0.1, -0.05) is 26.8 Å². The summed E-state index contributed by atoms with van der Waals surface area (Å²) in [5.41, 5.74) is 4.45. The zero-order chi connectivity index (χ0) is 22.9. The molecule has 0 bridgehead atoms. The van der Waals surface area contributed by atoms with Crippen LogP contribution in [0.1, 0.15) is 26.5 Å². The van der Waals surface area contributed by atoms with Crippen molar-refractivity contribution in [2.24, 2.45) is 12.5 Å². The molecule has 0 atom stereocenters. The maximum absolute atomic E-state index is 5.61. The first-order valence-electron chi connectivity index (χ1n) is 10.6. The molecule has 0 saturated heterocycles. The van der Waals surface area contributed by atoms with Crippen LogP contribution < -0.4 is 15.4 Å². The number of ether oxygens (including phenoxy) is 1. The average molecular weight is 432 g/mol. The van der Waals surface area contributed by atoms with Gasteiger partial charge < -0.3 is 15.4 Å². The van der Waals surface area contributed by atoms with E-state index in [1.54, 1.807) is 11.8 Å². The molecule has 166 valence electrons. The summed E-state index contributed by atoms with van der Waals surface area (Å²) >= 11 is 0. The smallest absolute Gasteiger partial charge is 0.227 e. The van der Waals surface area contributed by atoms with Crippen LogP contribution in [0.4, 0.5) is 17.5 Å². The topological polar surface area (TPSA) is 89.8 Å². The van der Waals surface area contributed by atoms with Crippen LogP contribution in [0.3, 0.4) is 0 Å². The average Bonchev–Trinajstić information content (AvgIpc) is 3.18. The molecule has 32 heavy (non-hydrogen) atoms. The Morgan fingerprint density at radius 2 is 1.91 bits per heavy atom. The number of methoxy groups -OCH3 is 1. The molecule has 0 aliphatic heterocycles. The zero-order valence-electron chi connectivity index (χ0n) is 19.4. The number of nitrogens with one attached hydrogen (secondary N) is 2. The van der Waals surface area contributed by atoms with Gasteiger partial charge in [0.1, 0.15) is 11.3 Å². The zero-order valence-corrected chi connectivity index (χ0v) is 19.4. The van der Waals surface area contributed by atoms with E-state index in [1.165, 1.54) is 0 Å². The molecule has 8 heteroatoms. The molecule has 0 unspecified atom stereocenters. The minimum Gasteiger partial charge on any atom is -0.495 e. The van der Waals surface area contributed by atoms with Crippen LogP contribution in [0.2, 0.25) is 0 Å². The molecular weight excluding hydrogens is 402 g/mol. The highest BCUT2D eigenvalue weighted by atomic mass is 16.5. The third-order valence-corrected chi connectivity index (χ3v) is 4.94. The van der Waals surface area contributed by atoms with Crippen molar-refractivity contribution in [1.29, 1.82) is 0 Å². The largest absolute Gasteiger partial charge is 0.495 e. The van der Waals surface area contributed by atoms with Gasteiger partial charge in [0.2, 0.25) is 5.95 Å². The van der Waals surface area contributed by atoms with Crippen molar-refractivity contribution >= 4 is 28.4 Å². The summed E-state index contributed by atoms with van der Waals surface area (Å²) in [4.78, 5) is 13.9. The SMILES string of the molecule is COc1cc(-c2ccn(C)n2)ccc1Nc1ncc2cc(C)nc(NCC(C)(C)C)c2n1. The first-order chi connectivity index (χ1) is 15.2. The minimum absolute atomic E-state index is 0.120. The number of anilines is 3. The number of hydrogen-bond acceptors (Lipinski definition) is 7. The van der Waals surface area contributed by atoms with E-state index in [1.807, 2.05) is 56.7 Å². The lowest BCUT2D eigenvalue weighted by atomic mass is 9.97. The van der Waals surface area contributed by atoms with Gasteiger partial charge in [0.15, 0.2) is 5.82 Å². The van der Waals surface area contributed by atoms with Crippen LogP contribution in [0.25, 0.3) is 22.2 Å². The Hall–Kier alpha value is -3.68. The highest BCUT2D eigenvalue weighted by molar-refractivity contribution is 5.89. The quantitative estimate of drug-likeness (QED) is 0.447. The first kappa shape index (κ1) is 21.5. The highest BCUT2D eigenvalue weighted by Gasteiger charge is 2.14. The Kier molecular flexibility index (Phi) is 5.69. The molecule has 0 aliphatic rings. The lowest BCUT2D eigenvalue weighted by Gasteiger charge is -2.20. The second-order valence-electron chi connectivity index (χ2n) is 9.07. The van der Waals surface area contributed by atoms with Gasteiger partial charge in [-0.2, -0.15) is 5.10 Å². The van der Waals surface area contributed by atoms with Crippen molar-refractivity contribution in [3.8, 4) is 17.0 Å². The van der Waals surface area contributed by atoms with Crippen LogP contribution in [0, 0.1) is 12.3 Å². The number of pyridine rings is 1. The van der Waals surface area contributed by atoms with Gasteiger partial charge in [0.05, 0.1) is 18.5 Å². The molecule has 3 heterocycles. The van der Waals surface area contributed by atoms with Crippen molar-refractivity contribution in [3.63, 3.8) is 0 Å². The van der Waals surface area contributed by atoms with Crippen LogP contribution in [-0.4, -0.2) is 38.4 Å². The van der Waals surface area contributed by atoms with Crippen LogP contribution in [-0.2, 0) is 7.05 Å². The fourth-order valence-corrected chi connectivity index (χ4v) is 3.35. The normalized spacial score (nSPS) is 11.6. The third kappa shape index (κ3) is 4.80. The summed E-state index contributed by atoms with van der Waals surface area (Å²) < 4.78 is 7.39. The molecule has 0 spiro atoms. The summed E-state index contributed by atoms with van der Waals surface area (Å²) in [5, 5.41) is 12.1. The molecule has 4 aromatic rings. The summed E-state index contributed by atoms with van der Waals surface area (Å²) in [7, 11) is 3.54. The van der Waals surface area contributed by atoms with Gasteiger partial charge in [-0.15, -0.1) is 0 Å². The summed E-state index contributed by atoms with van der Waals surface area (Å²) in [6.45, 7) is 9.30. The van der Waals surface area contributed by atoms with Crippen LogP contribution >= 0.6 is 0 Å². The van der Waals surface area contributed by atoms with Gasteiger partial charge in [0.25, 0.3) is 0 Å². The van der Waals surface area contributed by atoms with E-state index in [0.717, 1.165) is 45.9 Å². The Balaban J connectivity index is 1.66. The summed E-state index contributed by atoms with van der Waals surface area (Å²) in [6.07, 6.45) is 3.73. The Bertz CT molecular complexity index is 1260. The maximum Gasteiger partial charge on any atom is 0.227 e. The van der Waals surface area contributed by atoms with Crippen molar-refractivity contribution in [2.75, 3.05) is 24.3 Å². The molecule has 0 radical (unpaired) electrons. The molecule has 1 aromatic carbocycles. The number of aromatic nitrogens is 5. The van der Waals surface area contributed by atoms with Gasteiger partial charge in [0, 0.05) is 42.6 Å². The number of nitrogens with zero attached hydrogens (tertiary/aromatic N) is 5. The van der Waals surface area contributed by atoms with Gasteiger partial charge in [-0.3, -0.25) is 4.68 Å². The van der Waals surface area contributed by atoms with E-state index < -0.39 is 0 Å². The number of hydrogen-bond donors (Lipinski definition) is 2. The van der Waals surface area contributed by atoms with Crippen LogP contribution in [0.5, 0.6) is 5.75 Å². The van der Waals surface area contributed by atoms with Crippen molar-refractivity contribution in [1.82, 2.24) is 24.7 Å². The predicted molar refractivity (Wildman–Crippen MR) is 128 cm³/mol. The fourth-order valence-electron chi connectivity index (χ4n) is 3.35. The molecule has 0 saturated carbocycles. The molecule has 2 N–H and O–H groups in total. The van der Waals surface area contributed by atoms with Gasteiger partial charge in [-0.05, 0) is 36.6 Å². The molecule has 8 nitrogen and oxygen atoms in total. The van der Waals surface area contributed by atoms with E-state index in [9.17, 15) is 0 Å². The van der Waals surface area contributed by atoms with Gasteiger partial charge >= 0.3 is 0 Å². The molecule has 0 amide bonds. The number of fused-ring (bicyclic) bond motifs is 1. The Labute approximate surface area is 188 Å². The Morgan fingerprint density at radius 3 is 2.59 bits per heavy atom. The van der Waals surface area contributed by atoms with Crippen molar-refractivity contribution in [3.05, 3.63) is 48.4 Å². The molecule has 0 aliphatic carbocycles. The van der Waals surface area contributed by atoms with E-state index in [-0.39, 0.29) is 5.41 Å². The van der Waals surface area contributed by atoms with E-state index in [0.29, 0.717) is 11.7 Å². The molecule has 4 rings (SSSR count). The first-order valence-corrected chi connectivity index (χ1v) is 10.6. The van der Waals surface area contributed by atoms with E-state index >= 15 is 0 Å². The van der Waals surface area contributed by atoms with Gasteiger partial charge in [-0.25, -0.2) is 15.0 Å². The Morgan fingerprint density at radius 1 is 1.09 bits per heavy atom. The second kappa shape index (κ2) is 8.45. The number of aryl methyl sites for hydroxylation is 2. The predicted octanol–water partition coefficient (Wildman–Crippen LogP) is 4.94. The standard InChI is InChI=1S/C24H29N7O/c1-15-11-17-13-25-23(29-21(17)22(27-15)26-14-24(2,3)4)28-19-8-7-16(12-20(19)32-6)18-9-10-31(5)30-18/h7-13H,14H2,1-6H3,(H,26,27)(H,25,28,29). The number of benzene rings is 1. The lowest BCUT2D eigenvalue weighted by Crippen LogP contribution is -2.20. The monoisotopic (exact) mass is 431 g/mol. The third-order valence-electron chi connectivity index (χ3n) is 4.94. The maximum atomic E-state index is 5.61. The van der Waals surface area contributed by atoms with Crippen molar-refractivity contribution < 1.29 is 4.74 Å². The van der Waals surface area contributed by atoms with Crippen LogP contribution in [0.15, 0.2) is 42.7 Å². The molecular formula is C24H29N7O. The summed E-state index contributed by atoms with van der Waals surface area (Å²) in [6, 6.07) is 9.85. The molecule has 0 fully saturated rings. The second-order valence-corrected chi connectivity index (χ2v) is 9.07. The minimum atomic E-state index is 0.120. The van der Waals surface area contributed by atoms with Crippen molar-refractivity contribution in [2.45, 2.75) is 27.7 Å².